The molecule has 0 radical (unpaired) electrons. The molecule has 5 nitrogen and oxygen atoms in total. The fraction of sp³-hybridized carbons (Fsp3) is 0.750. The zero-order valence-electron chi connectivity index (χ0n) is 18.0. The molecular weight excluding hydrogens is 362 g/mol. The third kappa shape index (κ3) is 5.13. The zero-order chi connectivity index (χ0) is 20.1. The van der Waals surface area contributed by atoms with Crippen LogP contribution in [0.5, 0.6) is 5.75 Å². The predicted octanol–water partition coefficient (Wildman–Crippen LogP) is 2.99. The fourth-order valence-electron chi connectivity index (χ4n) is 5.87. The summed E-state index contributed by atoms with van der Waals surface area (Å²) < 4.78 is 5.38. The maximum atomic E-state index is 10.2. The number of benzene rings is 1. The van der Waals surface area contributed by atoms with Gasteiger partial charge >= 0.3 is 0 Å². The second-order valence-electron chi connectivity index (χ2n) is 9.70. The number of hydrogen-bond acceptors (Lipinski definition) is 5. The topological polar surface area (TPSA) is 56.8 Å². The van der Waals surface area contributed by atoms with Crippen LogP contribution in [0.1, 0.15) is 50.5 Å². The number of hydrogen-bond donors (Lipinski definition) is 3. The summed E-state index contributed by atoms with van der Waals surface area (Å²) in [6.45, 7) is 4.74. The lowest BCUT2D eigenvalue weighted by molar-refractivity contribution is 0.0366. The van der Waals surface area contributed by atoms with Crippen LogP contribution in [0.2, 0.25) is 0 Å². The molecule has 5 heteroatoms. The van der Waals surface area contributed by atoms with Gasteiger partial charge in [-0.25, -0.2) is 0 Å². The lowest BCUT2D eigenvalue weighted by atomic mass is 9.74. The van der Waals surface area contributed by atoms with Gasteiger partial charge in [0.1, 0.15) is 5.75 Å². The van der Waals surface area contributed by atoms with Crippen LogP contribution in [-0.2, 0) is 6.42 Å². The highest BCUT2D eigenvalue weighted by Gasteiger charge is 2.38. The molecule has 1 saturated carbocycles. The summed E-state index contributed by atoms with van der Waals surface area (Å²) in [6, 6.07) is 8.96. The van der Waals surface area contributed by atoms with E-state index in [1.54, 1.807) is 7.11 Å². The summed E-state index contributed by atoms with van der Waals surface area (Å²) in [4.78, 5) is 2.65. The van der Waals surface area contributed by atoms with Crippen molar-refractivity contribution in [2.24, 2.45) is 17.3 Å². The van der Waals surface area contributed by atoms with Gasteiger partial charge < -0.3 is 14.7 Å². The smallest absolute Gasteiger partial charge is 0.119 e. The highest BCUT2D eigenvalue weighted by Crippen LogP contribution is 2.37. The molecule has 1 aliphatic carbocycles. The third-order valence-electron chi connectivity index (χ3n) is 7.76. The van der Waals surface area contributed by atoms with Crippen LogP contribution in [0, 0.1) is 17.3 Å². The molecule has 1 aromatic carbocycles. The normalized spacial score (nSPS) is 28.5. The molecule has 2 heterocycles. The molecule has 2 saturated heterocycles. The van der Waals surface area contributed by atoms with Crippen molar-refractivity contribution in [1.29, 1.82) is 0 Å². The van der Waals surface area contributed by atoms with Crippen molar-refractivity contribution in [3.63, 3.8) is 0 Å². The van der Waals surface area contributed by atoms with Crippen LogP contribution in [0.4, 0.5) is 0 Å². The maximum absolute atomic E-state index is 10.2. The molecule has 4 rings (SSSR count). The Morgan fingerprint density at radius 3 is 2.69 bits per heavy atom. The largest absolute Gasteiger partial charge is 0.497 e. The summed E-state index contributed by atoms with van der Waals surface area (Å²) in [5, 5.41) is 10.2. The Morgan fingerprint density at radius 2 is 1.97 bits per heavy atom. The van der Waals surface area contributed by atoms with Crippen LogP contribution >= 0.6 is 0 Å². The first-order valence-electron chi connectivity index (χ1n) is 11.7. The number of methoxy groups -OCH3 is 1. The predicted molar refractivity (Wildman–Crippen MR) is 117 cm³/mol. The molecule has 0 bridgehead atoms. The Labute approximate surface area is 176 Å². The monoisotopic (exact) mass is 401 g/mol. The minimum atomic E-state index is 0.0117. The average molecular weight is 402 g/mol. The first-order chi connectivity index (χ1) is 14.2. The van der Waals surface area contributed by atoms with Gasteiger partial charge in [0.2, 0.25) is 0 Å². The minimum absolute atomic E-state index is 0.0117. The Kier molecular flexibility index (Phi) is 7.12. The van der Waals surface area contributed by atoms with Crippen molar-refractivity contribution >= 4 is 0 Å². The standard InChI is InChI=1S/C24H39N3O2/c1-29-22-9-5-6-19(14-22)15-24(18-28)10-12-27(13-11-24)17-21-16-25-26-23(21)20-7-3-2-4-8-20/h5-6,9,14,20-21,23,25-26,28H,2-4,7-8,10-13,15-18H2,1H3. The molecule has 2 atom stereocenters. The summed E-state index contributed by atoms with van der Waals surface area (Å²) in [6.07, 6.45) is 10.1. The number of nitrogens with one attached hydrogen (secondary N) is 2. The quantitative estimate of drug-likeness (QED) is 0.656. The van der Waals surface area contributed by atoms with Crippen molar-refractivity contribution in [3.8, 4) is 5.75 Å². The number of rotatable bonds is 7. The highest BCUT2D eigenvalue weighted by atomic mass is 16.5. The number of aliphatic hydroxyl groups is 1. The molecule has 1 aromatic rings. The molecule has 0 aromatic heterocycles. The van der Waals surface area contributed by atoms with E-state index in [9.17, 15) is 5.11 Å². The van der Waals surface area contributed by atoms with Gasteiger partial charge in [-0.05, 0) is 74.2 Å². The first-order valence-corrected chi connectivity index (χ1v) is 11.7. The van der Waals surface area contributed by atoms with Gasteiger partial charge in [-0.2, -0.15) is 0 Å². The molecule has 0 amide bonds. The average Bonchev–Trinajstić information content (AvgIpc) is 3.24. The van der Waals surface area contributed by atoms with Crippen molar-refractivity contribution in [3.05, 3.63) is 29.8 Å². The van der Waals surface area contributed by atoms with E-state index >= 15 is 0 Å². The van der Waals surface area contributed by atoms with E-state index in [0.717, 1.165) is 50.6 Å². The highest BCUT2D eigenvalue weighted by molar-refractivity contribution is 5.29. The van der Waals surface area contributed by atoms with E-state index in [2.05, 4.69) is 34.0 Å². The van der Waals surface area contributed by atoms with Crippen molar-refractivity contribution in [2.45, 2.75) is 57.4 Å². The first kappa shape index (κ1) is 21.1. The number of piperidine rings is 1. The van der Waals surface area contributed by atoms with E-state index < -0.39 is 0 Å². The molecule has 3 fully saturated rings. The van der Waals surface area contributed by atoms with E-state index in [1.807, 2.05) is 6.07 Å². The van der Waals surface area contributed by atoms with Crippen molar-refractivity contribution in [2.75, 3.05) is 39.9 Å². The van der Waals surface area contributed by atoms with E-state index in [1.165, 1.54) is 44.2 Å². The molecule has 3 aliphatic rings. The number of aliphatic hydroxyl groups excluding tert-OH is 1. The van der Waals surface area contributed by atoms with Gasteiger partial charge in [-0.3, -0.25) is 10.9 Å². The van der Waals surface area contributed by atoms with Gasteiger partial charge in [-0.1, -0.05) is 31.4 Å². The molecule has 3 N–H and O–H groups in total. The summed E-state index contributed by atoms with van der Waals surface area (Å²) in [5.74, 6) is 2.46. The van der Waals surface area contributed by atoms with Crippen LogP contribution in [0.25, 0.3) is 0 Å². The van der Waals surface area contributed by atoms with Crippen molar-refractivity contribution < 1.29 is 9.84 Å². The lowest BCUT2D eigenvalue weighted by Gasteiger charge is -2.42. The molecule has 2 unspecified atom stereocenters. The molecule has 2 aliphatic heterocycles. The van der Waals surface area contributed by atoms with Gasteiger partial charge in [-0.15, -0.1) is 0 Å². The molecule has 29 heavy (non-hydrogen) atoms. The van der Waals surface area contributed by atoms with Crippen LogP contribution in [-0.4, -0.2) is 55.9 Å². The molecule has 162 valence electrons. The Balaban J connectivity index is 1.31. The van der Waals surface area contributed by atoms with Crippen molar-refractivity contribution in [1.82, 2.24) is 15.8 Å². The van der Waals surface area contributed by atoms with Crippen LogP contribution in [0.3, 0.4) is 0 Å². The lowest BCUT2D eigenvalue weighted by Crippen LogP contribution is -2.47. The molecular formula is C24H39N3O2. The summed E-state index contributed by atoms with van der Waals surface area (Å²) in [5.41, 5.74) is 8.34. The molecule has 0 spiro atoms. The Hall–Kier alpha value is -1.14. The summed E-state index contributed by atoms with van der Waals surface area (Å²) >= 11 is 0. The maximum Gasteiger partial charge on any atom is 0.119 e. The number of nitrogens with zero attached hydrogens (tertiary/aromatic N) is 1. The zero-order valence-corrected chi connectivity index (χ0v) is 18.0. The summed E-state index contributed by atoms with van der Waals surface area (Å²) in [7, 11) is 1.72. The van der Waals surface area contributed by atoms with Gasteiger partial charge in [0.05, 0.1) is 7.11 Å². The van der Waals surface area contributed by atoms with Gasteiger partial charge in [0.25, 0.3) is 0 Å². The van der Waals surface area contributed by atoms with Crippen LogP contribution < -0.4 is 15.6 Å². The Bertz CT molecular complexity index is 639. The second kappa shape index (κ2) is 9.78. The van der Waals surface area contributed by atoms with E-state index in [-0.39, 0.29) is 12.0 Å². The number of hydrazine groups is 1. The van der Waals surface area contributed by atoms with Gasteiger partial charge in [0, 0.05) is 31.7 Å². The van der Waals surface area contributed by atoms with E-state index in [4.69, 9.17) is 4.74 Å². The van der Waals surface area contributed by atoms with Gasteiger partial charge in [0.15, 0.2) is 0 Å². The third-order valence-corrected chi connectivity index (χ3v) is 7.76. The SMILES string of the molecule is COc1cccc(CC2(CO)CCN(CC3CNNC3C3CCCCC3)CC2)c1. The minimum Gasteiger partial charge on any atom is -0.497 e. The Morgan fingerprint density at radius 1 is 1.17 bits per heavy atom. The number of ether oxygens (including phenoxy) is 1. The fourth-order valence-corrected chi connectivity index (χ4v) is 5.87. The van der Waals surface area contributed by atoms with E-state index in [0.29, 0.717) is 12.0 Å². The number of likely N-dealkylation sites (tertiary alicyclic amines) is 1. The second-order valence-corrected chi connectivity index (χ2v) is 9.70. The van der Waals surface area contributed by atoms with Crippen LogP contribution in [0.15, 0.2) is 24.3 Å².